The molecule has 0 aliphatic carbocycles. The van der Waals surface area contributed by atoms with Crippen molar-refractivity contribution in [3.63, 3.8) is 0 Å². The maximum Gasteiger partial charge on any atom is 0.150 e. The Morgan fingerprint density at radius 3 is 2.79 bits per heavy atom. The normalized spacial score (nSPS) is 22.6. The first kappa shape index (κ1) is 14.3. The van der Waals surface area contributed by atoms with E-state index in [0.717, 1.165) is 17.7 Å². The summed E-state index contributed by atoms with van der Waals surface area (Å²) < 4.78 is 29.1. The van der Waals surface area contributed by atoms with Crippen LogP contribution in [0.15, 0.2) is 24.3 Å². The van der Waals surface area contributed by atoms with Gasteiger partial charge >= 0.3 is 0 Å². The van der Waals surface area contributed by atoms with Crippen LogP contribution in [0.4, 0.5) is 0 Å². The summed E-state index contributed by atoms with van der Waals surface area (Å²) in [5.41, 5.74) is 6.76. The third-order valence-electron chi connectivity index (χ3n) is 3.89. The number of rotatable bonds is 5. The highest BCUT2D eigenvalue weighted by Gasteiger charge is 2.35. The minimum Gasteiger partial charge on any atom is -0.493 e. The third kappa shape index (κ3) is 3.28. The first-order valence-corrected chi connectivity index (χ1v) is 8.44. The van der Waals surface area contributed by atoms with Crippen molar-refractivity contribution in [1.82, 2.24) is 0 Å². The molecule has 1 unspecified atom stereocenters. The van der Waals surface area contributed by atoms with Crippen molar-refractivity contribution in [1.29, 1.82) is 0 Å². The van der Waals surface area contributed by atoms with Gasteiger partial charge in [-0.15, -0.1) is 0 Å². The number of para-hydroxylation sites is 1. The van der Waals surface area contributed by atoms with E-state index in [4.69, 9.17) is 10.5 Å². The standard InChI is InChI=1S/C14H21NO3S/c1-2-19(16,17)8-7-14(10-15)9-12-5-3-4-6-13(12)18-11-14/h3-6H,2,7-11,15H2,1H3. The maximum atomic E-state index is 11.7. The van der Waals surface area contributed by atoms with Crippen LogP contribution in [0, 0.1) is 5.41 Å². The summed E-state index contributed by atoms with van der Waals surface area (Å²) in [6, 6.07) is 7.87. The molecule has 1 aliphatic heterocycles. The molecule has 106 valence electrons. The van der Waals surface area contributed by atoms with Gasteiger partial charge in [-0.3, -0.25) is 0 Å². The summed E-state index contributed by atoms with van der Waals surface area (Å²) in [5, 5.41) is 0. The zero-order valence-electron chi connectivity index (χ0n) is 11.3. The highest BCUT2D eigenvalue weighted by Crippen LogP contribution is 2.36. The molecular formula is C14H21NO3S. The Labute approximate surface area is 114 Å². The van der Waals surface area contributed by atoms with E-state index in [2.05, 4.69) is 0 Å². The lowest BCUT2D eigenvalue weighted by Crippen LogP contribution is -2.42. The second-order valence-electron chi connectivity index (χ2n) is 5.26. The molecule has 0 aromatic heterocycles. The van der Waals surface area contributed by atoms with Crippen molar-refractivity contribution in [2.24, 2.45) is 11.1 Å². The lowest BCUT2D eigenvalue weighted by molar-refractivity contribution is 0.123. The molecule has 5 heteroatoms. The maximum absolute atomic E-state index is 11.7. The van der Waals surface area contributed by atoms with E-state index in [1.807, 2.05) is 24.3 Å². The summed E-state index contributed by atoms with van der Waals surface area (Å²) in [5.74, 6) is 1.27. The van der Waals surface area contributed by atoms with Crippen molar-refractivity contribution in [3.05, 3.63) is 29.8 Å². The van der Waals surface area contributed by atoms with Crippen LogP contribution in [-0.2, 0) is 16.3 Å². The zero-order chi connectivity index (χ0) is 13.9. The van der Waals surface area contributed by atoms with Crippen LogP contribution < -0.4 is 10.5 Å². The largest absolute Gasteiger partial charge is 0.493 e. The van der Waals surface area contributed by atoms with Gasteiger partial charge in [-0.25, -0.2) is 8.42 Å². The van der Waals surface area contributed by atoms with Gasteiger partial charge in [0.2, 0.25) is 0 Å². The fourth-order valence-electron chi connectivity index (χ4n) is 2.39. The van der Waals surface area contributed by atoms with E-state index < -0.39 is 9.84 Å². The molecule has 1 atom stereocenters. The molecule has 0 saturated carbocycles. The lowest BCUT2D eigenvalue weighted by Gasteiger charge is -2.37. The molecule has 4 nitrogen and oxygen atoms in total. The second kappa shape index (κ2) is 5.51. The molecule has 0 fully saturated rings. The van der Waals surface area contributed by atoms with Crippen LogP contribution in [0.5, 0.6) is 5.75 Å². The lowest BCUT2D eigenvalue weighted by atomic mass is 9.78. The highest BCUT2D eigenvalue weighted by molar-refractivity contribution is 7.91. The first-order chi connectivity index (χ1) is 9.00. The molecule has 1 aliphatic rings. The van der Waals surface area contributed by atoms with E-state index in [0.29, 0.717) is 19.6 Å². The Kier molecular flexibility index (Phi) is 4.16. The van der Waals surface area contributed by atoms with Crippen LogP contribution in [0.1, 0.15) is 18.9 Å². The fraction of sp³-hybridized carbons (Fsp3) is 0.571. The van der Waals surface area contributed by atoms with Crippen LogP contribution >= 0.6 is 0 Å². The average molecular weight is 283 g/mol. The Hall–Kier alpha value is -1.07. The zero-order valence-corrected chi connectivity index (χ0v) is 12.1. The van der Waals surface area contributed by atoms with Gasteiger partial charge in [0.1, 0.15) is 15.6 Å². The molecule has 19 heavy (non-hydrogen) atoms. The predicted octanol–water partition coefficient (Wildman–Crippen LogP) is 1.39. The number of hydrogen-bond donors (Lipinski definition) is 1. The minimum absolute atomic E-state index is 0.186. The van der Waals surface area contributed by atoms with Gasteiger partial charge in [0.25, 0.3) is 0 Å². The number of nitrogens with two attached hydrogens (primary N) is 1. The third-order valence-corrected chi connectivity index (χ3v) is 5.59. The average Bonchev–Trinajstić information content (AvgIpc) is 2.45. The van der Waals surface area contributed by atoms with Crippen molar-refractivity contribution in [3.8, 4) is 5.75 Å². The molecular weight excluding hydrogens is 262 g/mol. The van der Waals surface area contributed by atoms with Gasteiger partial charge in [0.05, 0.1) is 12.4 Å². The van der Waals surface area contributed by atoms with E-state index in [9.17, 15) is 8.42 Å². The summed E-state index contributed by atoms with van der Waals surface area (Å²) in [6.45, 7) is 2.62. The van der Waals surface area contributed by atoms with Gasteiger partial charge in [0, 0.05) is 17.7 Å². The molecule has 1 heterocycles. The summed E-state index contributed by atoms with van der Waals surface area (Å²) in [4.78, 5) is 0. The van der Waals surface area contributed by atoms with Gasteiger partial charge < -0.3 is 10.5 Å². The Balaban J connectivity index is 2.13. The molecule has 1 aromatic rings. The highest BCUT2D eigenvalue weighted by atomic mass is 32.2. The van der Waals surface area contributed by atoms with Crippen LogP contribution in [-0.4, -0.2) is 33.1 Å². The number of fused-ring (bicyclic) bond motifs is 1. The Morgan fingerprint density at radius 1 is 1.37 bits per heavy atom. The van der Waals surface area contributed by atoms with Crippen LogP contribution in [0.3, 0.4) is 0 Å². The van der Waals surface area contributed by atoms with Crippen molar-refractivity contribution in [2.75, 3.05) is 24.7 Å². The van der Waals surface area contributed by atoms with Crippen molar-refractivity contribution >= 4 is 9.84 Å². The Morgan fingerprint density at radius 2 is 2.11 bits per heavy atom. The molecule has 2 rings (SSSR count). The molecule has 2 N–H and O–H groups in total. The fourth-order valence-corrected chi connectivity index (χ4v) is 3.42. The smallest absolute Gasteiger partial charge is 0.150 e. The summed E-state index contributed by atoms with van der Waals surface area (Å²) in [7, 11) is -2.96. The quantitative estimate of drug-likeness (QED) is 0.886. The van der Waals surface area contributed by atoms with Crippen molar-refractivity contribution < 1.29 is 13.2 Å². The van der Waals surface area contributed by atoms with E-state index in [1.165, 1.54) is 0 Å². The molecule has 0 amide bonds. The second-order valence-corrected chi connectivity index (χ2v) is 7.74. The number of ether oxygens (including phenoxy) is 1. The molecule has 0 bridgehead atoms. The van der Waals surface area contributed by atoms with E-state index >= 15 is 0 Å². The van der Waals surface area contributed by atoms with E-state index in [-0.39, 0.29) is 16.9 Å². The topological polar surface area (TPSA) is 69.4 Å². The number of benzene rings is 1. The van der Waals surface area contributed by atoms with Crippen molar-refractivity contribution in [2.45, 2.75) is 19.8 Å². The summed E-state index contributed by atoms with van der Waals surface area (Å²) >= 11 is 0. The first-order valence-electron chi connectivity index (χ1n) is 6.61. The number of sulfone groups is 1. The summed E-state index contributed by atoms with van der Waals surface area (Å²) in [6.07, 6.45) is 1.35. The predicted molar refractivity (Wildman–Crippen MR) is 76.1 cm³/mol. The molecule has 1 aromatic carbocycles. The minimum atomic E-state index is -2.96. The van der Waals surface area contributed by atoms with E-state index in [1.54, 1.807) is 6.92 Å². The van der Waals surface area contributed by atoms with Crippen LogP contribution in [0.25, 0.3) is 0 Å². The van der Waals surface area contributed by atoms with Gasteiger partial charge in [0.15, 0.2) is 0 Å². The Bertz CT molecular complexity index is 541. The molecule has 0 spiro atoms. The van der Waals surface area contributed by atoms with Gasteiger partial charge in [-0.1, -0.05) is 25.1 Å². The SMILES string of the molecule is CCS(=O)(=O)CCC1(CN)COc2ccccc2C1. The molecule has 0 radical (unpaired) electrons. The number of hydrogen-bond acceptors (Lipinski definition) is 4. The van der Waals surface area contributed by atoms with Gasteiger partial charge in [-0.05, 0) is 24.5 Å². The molecule has 0 saturated heterocycles. The van der Waals surface area contributed by atoms with Crippen LogP contribution in [0.2, 0.25) is 0 Å². The monoisotopic (exact) mass is 283 g/mol. The van der Waals surface area contributed by atoms with Gasteiger partial charge in [-0.2, -0.15) is 0 Å².